The zero-order valence-electron chi connectivity index (χ0n) is 45.9. The van der Waals surface area contributed by atoms with E-state index in [1.54, 1.807) is 6.08 Å². The van der Waals surface area contributed by atoms with Crippen molar-refractivity contribution in [2.24, 2.45) is 0 Å². The Labute approximate surface area is 424 Å². The Morgan fingerprint density at radius 3 is 1.09 bits per heavy atom. The monoisotopic (exact) mass is 958 g/mol. The summed E-state index contributed by atoms with van der Waals surface area (Å²) in [6.45, 7) is 4.88. The molecule has 0 radical (unpaired) electrons. The van der Waals surface area contributed by atoms with Gasteiger partial charge in [0, 0.05) is 12.8 Å². The molecule has 3 N–H and O–H groups in total. The maximum absolute atomic E-state index is 12.5. The van der Waals surface area contributed by atoms with Crippen molar-refractivity contribution in [1.29, 1.82) is 0 Å². The fourth-order valence-electron chi connectivity index (χ4n) is 9.50. The summed E-state index contributed by atoms with van der Waals surface area (Å²) < 4.78 is 5.46. The number of rotatable bonds is 57. The second kappa shape index (κ2) is 57.9. The number of ether oxygens (including phenoxy) is 1. The Kier molecular flexibility index (Phi) is 56.5. The Hall–Kier alpha value is -1.66. The average Bonchev–Trinajstić information content (AvgIpc) is 3.34. The molecule has 402 valence electrons. The highest BCUT2D eigenvalue weighted by Crippen LogP contribution is 2.18. The lowest BCUT2D eigenvalue weighted by Gasteiger charge is -2.20. The zero-order valence-corrected chi connectivity index (χ0v) is 45.9. The van der Waals surface area contributed by atoms with Crippen molar-refractivity contribution in [2.45, 2.75) is 347 Å². The predicted octanol–water partition coefficient (Wildman–Crippen LogP) is 19.0. The second-order valence-electron chi connectivity index (χ2n) is 21.0. The third kappa shape index (κ3) is 53.7. The van der Waals surface area contributed by atoms with Crippen LogP contribution in [0, 0.1) is 0 Å². The van der Waals surface area contributed by atoms with Crippen LogP contribution < -0.4 is 5.32 Å². The molecule has 0 aromatic rings. The smallest absolute Gasteiger partial charge is 0.305 e. The highest BCUT2D eigenvalue weighted by molar-refractivity contribution is 5.76. The van der Waals surface area contributed by atoms with Gasteiger partial charge in [0.15, 0.2) is 0 Å². The Morgan fingerprint density at radius 2 is 0.706 bits per heavy atom. The number of aliphatic hydroxyl groups is 2. The van der Waals surface area contributed by atoms with Gasteiger partial charge in [-0.2, -0.15) is 0 Å². The van der Waals surface area contributed by atoms with Crippen LogP contribution in [0.3, 0.4) is 0 Å². The summed E-state index contributed by atoms with van der Waals surface area (Å²) in [5.41, 5.74) is 0. The lowest BCUT2D eigenvalue weighted by molar-refractivity contribution is -0.143. The third-order valence-electron chi connectivity index (χ3n) is 14.2. The largest absolute Gasteiger partial charge is 0.466 e. The van der Waals surface area contributed by atoms with E-state index in [0.717, 1.165) is 44.9 Å². The Morgan fingerprint density at radius 1 is 0.397 bits per heavy atom. The number of aliphatic hydroxyl groups excluding tert-OH is 2. The van der Waals surface area contributed by atoms with E-state index in [1.165, 1.54) is 263 Å². The minimum Gasteiger partial charge on any atom is -0.466 e. The Bertz CT molecular complexity index is 1060. The van der Waals surface area contributed by atoms with Crippen molar-refractivity contribution < 1.29 is 24.5 Å². The maximum Gasteiger partial charge on any atom is 0.305 e. The van der Waals surface area contributed by atoms with Crippen LogP contribution in [0.5, 0.6) is 0 Å². The van der Waals surface area contributed by atoms with E-state index in [0.29, 0.717) is 19.4 Å². The number of hydrogen-bond donors (Lipinski definition) is 3. The summed E-state index contributed by atoms with van der Waals surface area (Å²) in [7, 11) is 0. The van der Waals surface area contributed by atoms with Crippen molar-refractivity contribution in [3.8, 4) is 0 Å². The topological polar surface area (TPSA) is 95.9 Å². The summed E-state index contributed by atoms with van der Waals surface area (Å²) in [4.78, 5) is 24.5. The van der Waals surface area contributed by atoms with Crippen LogP contribution >= 0.6 is 0 Å². The fraction of sp³-hybridized carbons (Fsp3) is 0.903. The summed E-state index contributed by atoms with van der Waals surface area (Å²) in [5.74, 6) is -0.0680. The highest BCUT2D eigenvalue weighted by atomic mass is 16.5. The van der Waals surface area contributed by atoms with Crippen LogP contribution in [-0.4, -0.2) is 47.4 Å². The SMILES string of the molecule is CCCC/C=C\CCCCCCCC(=O)OCCCCCCCCCCCCCCCCCCCCCCC(=O)NC(CO)C(O)/C=C/CCCCCCCCCCCCCCCCCCCC. The van der Waals surface area contributed by atoms with E-state index in [9.17, 15) is 19.8 Å². The van der Waals surface area contributed by atoms with E-state index >= 15 is 0 Å². The Balaban J connectivity index is 3.43. The summed E-state index contributed by atoms with van der Waals surface area (Å²) >= 11 is 0. The molecule has 2 unspecified atom stereocenters. The highest BCUT2D eigenvalue weighted by Gasteiger charge is 2.18. The van der Waals surface area contributed by atoms with Gasteiger partial charge < -0.3 is 20.3 Å². The molecule has 0 aliphatic rings. The van der Waals surface area contributed by atoms with E-state index in [-0.39, 0.29) is 18.5 Å². The summed E-state index contributed by atoms with van der Waals surface area (Å²) in [6, 6.07) is -0.630. The maximum atomic E-state index is 12.5. The van der Waals surface area contributed by atoms with E-state index < -0.39 is 12.1 Å². The van der Waals surface area contributed by atoms with E-state index in [1.807, 2.05) is 6.08 Å². The number of amides is 1. The van der Waals surface area contributed by atoms with Gasteiger partial charge in [0.05, 0.1) is 25.4 Å². The molecule has 0 heterocycles. The lowest BCUT2D eigenvalue weighted by atomic mass is 10.0. The summed E-state index contributed by atoms with van der Waals surface area (Å²) in [6.07, 6.45) is 70.7. The fourth-order valence-corrected chi connectivity index (χ4v) is 9.50. The molecular formula is C62H119NO5. The van der Waals surface area contributed by atoms with Gasteiger partial charge in [-0.1, -0.05) is 295 Å². The average molecular weight is 959 g/mol. The first-order chi connectivity index (χ1) is 33.5. The number of carbonyl (C=O) groups excluding carboxylic acids is 2. The van der Waals surface area contributed by atoms with Crippen LogP contribution in [0.1, 0.15) is 335 Å². The normalized spacial score (nSPS) is 12.7. The molecule has 6 heteroatoms. The molecule has 0 saturated carbocycles. The van der Waals surface area contributed by atoms with Gasteiger partial charge in [-0.3, -0.25) is 9.59 Å². The van der Waals surface area contributed by atoms with Gasteiger partial charge in [0.25, 0.3) is 0 Å². The first-order valence-electron chi connectivity index (χ1n) is 30.6. The molecule has 0 saturated heterocycles. The molecule has 1 amide bonds. The molecule has 0 aliphatic carbocycles. The van der Waals surface area contributed by atoms with Crippen LogP contribution in [-0.2, 0) is 14.3 Å². The minimum absolute atomic E-state index is 0.000839. The number of allylic oxidation sites excluding steroid dienone is 3. The number of carbonyl (C=O) groups is 2. The standard InChI is InChI=1S/C62H119NO5/c1-3-5-7-9-11-13-15-16-17-18-19-22-25-28-31-35-38-42-46-50-54-60(65)59(58-64)63-61(66)55-51-47-43-39-36-32-29-26-23-20-21-24-27-30-33-37-41-45-49-53-57-68-62(67)56-52-48-44-40-34-14-12-10-8-6-4-2/h10,12,50,54,59-60,64-65H,3-9,11,13-49,51-53,55-58H2,1-2H3,(H,63,66)/b12-10-,54-50+. The van der Waals surface area contributed by atoms with Crippen LogP contribution in [0.25, 0.3) is 0 Å². The molecule has 6 nitrogen and oxygen atoms in total. The lowest BCUT2D eigenvalue weighted by Crippen LogP contribution is -2.45. The minimum atomic E-state index is -0.846. The molecule has 2 atom stereocenters. The van der Waals surface area contributed by atoms with Crippen molar-refractivity contribution in [2.75, 3.05) is 13.2 Å². The van der Waals surface area contributed by atoms with Crippen LogP contribution in [0.4, 0.5) is 0 Å². The van der Waals surface area contributed by atoms with Gasteiger partial charge >= 0.3 is 5.97 Å². The van der Waals surface area contributed by atoms with Crippen LogP contribution in [0.15, 0.2) is 24.3 Å². The molecule has 0 bridgehead atoms. The molecule has 68 heavy (non-hydrogen) atoms. The second-order valence-corrected chi connectivity index (χ2v) is 21.0. The van der Waals surface area contributed by atoms with Crippen LogP contribution in [0.2, 0.25) is 0 Å². The number of nitrogens with one attached hydrogen (secondary N) is 1. The quantitative estimate of drug-likeness (QED) is 0.0321. The number of unbranched alkanes of at least 4 members (excludes halogenated alkanes) is 44. The molecule has 0 aliphatic heterocycles. The molecule has 0 rings (SSSR count). The zero-order chi connectivity index (χ0) is 49.3. The molecule has 0 aromatic heterocycles. The summed E-state index contributed by atoms with van der Waals surface area (Å²) in [5, 5.41) is 23.2. The molecule has 0 spiro atoms. The third-order valence-corrected chi connectivity index (χ3v) is 14.2. The first-order valence-corrected chi connectivity index (χ1v) is 30.6. The molecule has 0 fully saturated rings. The van der Waals surface area contributed by atoms with Crippen molar-refractivity contribution >= 4 is 11.9 Å². The number of esters is 1. The van der Waals surface area contributed by atoms with Crippen molar-refractivity contribution in [3.63, 3.8) is 0 Å². The molecular weight excluding hydrogens is 839 g/mol. The van der Waals surface area contributed by atoms with Crippen molar-refractivity contribution in [1.82, 2.24) is 5.32 Å². The number of hydrogen-bond acceptors (Lipinski definition) is 5. The van der Waals surface area contributed by atoms with Gasteiger partial charge in [-0.15, -0.1) is 0 Å². The van der Waals surface area contributed by atoms with Gasteiger partial charge in [0.2, 0.25) is 5.91 Å². The van der Waals surface area contributed by atoms with Gasteiger partial charge in [0.1, 0.15) is 0 Å². The van der Waals surface area contributed by atoms with E-state index in [4.69, 9.17) is 4.74 Å². The predicted molar refractivity (Wildman–Crippen MR) is 296 cm³/mol. The van der Waals surface area contributed by atoms with Gasteiger partial charge in [-0.05, 0) is 51.4 Å². The molecule has 0 aromatic carbocycles. The van der Waals surface area contributed by atoms with Gasteiger partial charge in [-0.25, -0.2) is 0 Å². The van der Waals surface area contributed by atoms with E-state index in [2.05, 4.69) is 31.3 Å². The first kappa shape index (κ1) is 66.3. The van der Waals surface area contributed by atoms with Crippen molar-refractivity contribution in [3.05, 3.63) is 24.3 Å².